The Bertz CT molecular complexity index is 794. The average Bonchev–Trinajstić information content (AvgIpc) is 3.37. The normalized spacial score (nSPS) is 16.8. The average molecular weight is 431 g/mol. The number of aryl methyl sites for hydroxylation is 1. The van der Waals surface area contributed by atoms with Gasteiger partial charge in [-0.2, -0.15) is 0 Å². The summed E-state index contributed by atoms with van der Waals surface area (Å²) in [5, 5.41) is 18.5. The molecule has 0 aliphatic heterocycles. The van der Waals surface area contributed by atoms with Gasteiger partial charge in [-0.05, 0) is 55.4 Å². The minimum absolute atomic E-state index is 0.124. The first kappa shape index (κ1) is 24.3. The van der Waals surface area contributed by atoms with Gasteiger partial charge in [0.25, 0.3) is 0 Å². The number of rotatable bonds is 9. The predicted molar refractivity (Wildman–Crippen MR) is 123 cm³/mol. The summed E-state index contributed by atoms with van der Waals surface area (Å²) >= 11 is 1.37. The van der Waals surface area contributed by atoms with E-state index < -0.39 is 5.97 Å². The van der Waals surface area contributed by atoms with E-state index in [4.69, 9.17) is 5.11 Å². The lowest BCUT2D eigenvalue weighted by molar-refractivity contribution is -0.118. The summed E-state index contributed by atoms with van der Waals surface area (Å²) in [6.07, 6.45) is 8.38. The van der Waals surface area contributed by atoms with Gasteiger partial charge < -0.3 is 10.2 Å². The lowest BCUT2D eigenvalue weighted by Gasteiger charge is -2.12. The molecule has 0 saturated heterocycles. The van der Waals surface area contributed by atoms with Crippen LogP contribution in [0.25, 0.3) is 0 Å². The van der Waals surface area contributed by atoms with Crippen molar-refractivity contribution in [2.75, 3.05) is 0 Å². The van der Waals surface area contributed by atoms with Crippen molar-refractivity contribution in [1.82, 2.24) is 0 Å². The molecule has 30 heavy (non-hydrogen) atoms. The van der Waals surface area contributed by atoms with Crippen molar-refractivity contribution in [2.45, 2.75) is 83.7 Å². The largest absolute Gasteiger partial charge is 0.477 e. The maximum atomic E-state index is 11.7. The molecule has 0 bridgehead atoms. The lowest BCUT2D eigenvalue weighted by Crippen LogP contribution is -2.10. The van der Waals surface area contributed by atoms with Gasteiger partial charge in [0.2, 0.25) is 0 Å². The van der Waals surface area contributed by atoms with E-state index in [-0.39, 0.29) is 12.0 Å². The molecule has 2 atom stereocenters. The fraction of sp³-hybridized carbons (Fsp3) is 0.520. The first-order valence-electron chi connectivity index (χ1n) is 11.1. The number of ketones is 1. The molecule has 1 aromatic heterocycles. The van der Waals surface area contributed by atoms with Crippen molar-refractivity contribution < 1.29 is 19.8 Å². The summed E-state index contributed by atoms with van der Waals surface area (Å²) in [6, 6.07) is 11.8. The minimum Gasteiger partial charge on any atom is -0.477 e. The number of carboxylic acids is 1. The second kappa shape index (κ2) is 12.7. The highest BCUT2D eigenvalue weighted by Gasteiger charge is 2.25. The van der Waals surface area contributed by atoms with Gasteiger partial charge in [0.05, 0.1) is 6.10 Å². The second-order valence-corrected chi connectivity index (χ2v) is 9.14. The van der Waals surface area contributed by atoms with Crippen molar-refractivity contribution in [2.24, 2.45) is 0 Å². The fourth-order valence-corrected chi connectivity index (χ4v) is 4.69. The summed E-state index contributed by atoms with van der Waals surface area (Å²) in [6.45, 7) is 4.22. The van der Waals surface area contributed by atoms with Crippen LogP contribution in [0.1, 0.15) is 90.4 Å². The van der Waals surface area contributed by atoms with Gasteiger partial charge in [0, 0.05) is 17.2 Å². The number of hydrogen-bond donors (Lipinski definition) is 2. The van der Waals surface area contributed by atoms with Gasteiger partial charge in [-0.15, -0.1) is 11.3 Å². The maximum Gasteiger partial charge on any atom is 0.345 e. The zero-order chi connectivity index (χ0) is 21.9. The molecule has 1 unspecified atom stereocenters. The number of aliphatic hydroxyl groups excluding tert-OH is 1. The summed E-state index contributed by atoms with van der Waals surface area (Å²) in [7, 11) is 0. The summed E-state index contributed by atoms with van der Waals surface area (Å²) < 4.78 is 0. The number of unbranched alkanes of at least 4 members (excludes halogenated alkanes) is 1. The molecule has 0 amide bonds. The first-order chi connectivity index (χ1) is 14.4. The molecule has 3 rings (SSSR count). The minimum atomic E-state index is -0.822. The van der Waals surface area contributed by atoms with E-state index in [0.29, 0.717) is 10.7 Å². The molecule has 0 radical (unpaired) electrons. The third-order valence-corrected chi connectivity index (χ3v) is 6.55. The van der Waals surface area contributed by atoms with Crippen LogP contribution in [0.4, 0.5) is 0 Å². The lowest BCUT2D eigenvalue weighted by atomic mass is 9.94. The first-order valence-corrected chi connectivity index (χ1v) is 11.9. The molecular formula is C25H34O4S. The summed E-state index contributed by atoms with van der Waals surface area (Å²) in [4.78, 5) is 23.7. The molecule has 4 nitrogen and oxygen atoms in total. The van der Waals surface area contributed by atoms with Crippen molar-refractivity contribution in [3.8, 4) is 0 Å². The van der Waals surface area contributed by atoms with Crippen molar-refractivity contribution in [3.63, 3.8) is 0 Å². The van der Waals surface area contributed by atoms with Crippen LogP contribution < -0.4 is 0 Å². The summed E-state index contributed by atoms with van der Waals surface area (Å²) in [5.74, 6) is -0.313. The number of aliphatic hydroxyl groups is 1. The molecular weight excluding hydrogens is 396 g/mol. The van der Waals surface area contributed by atoms with Crippen LogP contribution in [0.3, 0.4) is 0 Å². The van der Waals surface area contributed by atoms with Gasteiger partial charge in [-0.25, -0.2) is 4.79 Å². The number of thiophene rings is 1. The second-order valence-electron chi connectivity index (χ2n) is 7.97. The van der Waals surface area contributed by atoms with Crippen molar-refractivity contribution in [1.29, 1.82) is 0 Å². The highest BCUT2D eigenvalue weighted by atomic mass is 32.1. The van der Waals surface area contributed by atoms with Gasteiger partial charge in [0.1, 0.15) is 10.7 Å². The quantitative estimate of drug-likeness (QED) is 0.510. The van der Waals surface area contributed by atoms with Gasteiger partial charge in [-0.3, -0.25) is 4.79 Å². The van der Waals surface area contributed by atoms with Crippen LogP contribution in [-0.4, -0.2) is 28.1 Å². The van der Waals surface area contributed by atoms with Crippen LogP contribution in [-0.2, 0) is 17.6 Å². The molecule has 1 aromatic carbocycles. The van der Waals surface area contributed by atoms with Crippen LogP contribution in [0, 0.1) is 0 Å². The molecule has 0 spiro atoms. The topological polar surface area (TPSA) is 74.6 Å². The van der Waals surface area contributed by atoms with Gasteiger partial charge in [0.15, 0.2) is 0 Å². The molecule has 1 saturated carbocycles. The SMILES string of the molecule is CCCCC(O)Cc1ccc([C@@H]2CCCC2=O)cc1.CCCc1ccc(C(=O)O)s1. The molecule has 5 heteroatoms. The van der Waals surface area contributed by atoms with E-state index in [2.05, 4.69) is 38.1 Å². The molecule has 164 valence electrons. The molecule has 2 aromatic rings. The third-order valence-electron chi connectivity index (χ3n) is 5.42. The van der Waals surface area contributed by atoms with Crippen LogP contribution >= 0.6 is 11.3 Å². The zero-order valence-electron chi connectivity index (χ0n) is 18.1. The third kappa shape index (κ3) is 7.69. The van der Waals surface area contributed by atoms with Gasteiger partial charge in [-0.1, -0.05) is 57.4 Å². The molecule has 1 aliphatic rings. The van der Waals surface area contributed by atoms with E-state index in [0.717, 1.165) is 73.8 Å². The van der Waals surface area contributed by atoms with Crippen molar-refractivity contribution >= 4 is 23.1 Å². The molecule has 2 N–H and O–H groups in total. The number of carboxylic acid groups (broad SMARTS) is 1. The zero-order valence-corrected chi connectivity index (χ0v) is 18.9. The standard InChI is InChI=1S/C17H24O2.C8H10O2S/c1-2-3-5-15(18)12-13-8-10-14(11-9-13)16-6-4-7-17(16)19;1-2-3-6-4-5-7(11-6)8(9)10/h8-11,15-16,18H,2-7,12H2,1H3;4-5H,2-3H2,1H3,(H,9,10)/t15?,16-;/m0./s1. The Labute approximate surface area is 184 Å². The highest BCUT2D eigenvalue weighted by Crippen LogP contribution is 2.31. The summed E-state index contributed by atoms with van der Waals surface area (Å²) in [5.41, 5.74) is 2.31. The number of carbonyl (C=O) groups is 2. The van der Waals surface area contributed by atoms with E-state index in [1.807, 2.05) is 6.07 Å². The number of aromatic carboxylic acids is 1. The predicted octanol–water partition coefficient (Wildman–Crippen LogP) is 6.02. The molecule has 1 heterocycles. The van der Waals surface area contributed by atoms with E-state index >= 15 is 0 Å². The number of Topliss-reactive ketones (excluding diaryl/α,β-unsaturated/α-hetero) is 1. The molecule has 1 aliphatic carbocycles. The Hall–Kier alpha value is -1.98. The van der Waals surface area contributed by atoms with E-state index in [1.54, 1.807) is 6.07 Å². The maximum absolute atomic E-state index is 11.7. The highest BCUT2D eigenvalue weighted by molar-refractivity contribution is 7.13. The Morgan fingerprint density at radius 1 is 1.13 bits per heavy atom. The number of benzene rings is 1. The number of carbonyl (C=O) groups excluding carboxylic acids is 1. The van der Waals surface area contributed by atoms with Crippen molar-refractivity contribution in [3.05, 3.63) is 57.3 Å². The van der Waals surface area contributed by atoms with Gasteiger partial charge >= 0.3 is 5.97 Å². The van der Waals surface area contributed by atoms with E-state index in [1.165, 1.54) is 11.3 Å². The Balaban J connectivity index is 0.000000248. The van der Waals surface area contributed by atoms with E-state index in [9.17, 15) is 14.7 Å². The molecule has 1 fully saturated rings. The number of hydrogen-bond acceptors (Lipinski definition) is 4. The Morgan fingerprint density at radius 3 is 2.40 bits per heavy atom. The van der Waals surface area contributed by atoms with Crippen LogP contribution in [0.15, 0.2) is 36.4 Å². The fourth-order valence-electron chi connectivity index (χ4n) is 3.74. The Kier molecular flexibility index (Phi) is 10.2. The Morgan fingerprint density at radius 2 is 1.87 bits per heavy atom. The van der Waals surface area contributed by atoms with Crippen LogP contribution in [0.5, 0.6) is 0 Å². The smallest absolute Gasteiger partial charge is 0.345 e. The monoisotopic (exact) mass is 430 g/mol. The van der Waals surface area contributed by atoms with Crippen LogP contribution in [0.2, 0.25) is 0 Å².